The van der Waals surface area contributed by atoms with Crippen LogP contribution in [0.3, 0.4) is 0 Å². The number of para-hydroxylation sites is 1. The molecule has 0 amide bonds. The predicted octanol–water partition coefficient (Wildman–Crippen LogP) is 1.14. The first-order valence-electron chi connectivity index (χ1n) is 3.78. The molecule has 0 atom stereocenters. The SMILES string of the molecule is Nc1ccccc1.c1cnnnc1. The molecule has 13 heavy (non-hydrogen) atoms. The van der Waals surface area contributed by atoms with Gasteiger partial charge in [-0.15, -0.1) is 10.2 Å². The zero-order valence-corrected chi connectivity index (χ0v) is 7.04. The van der Waals surface area contributed by atoms with Crippen molar-refractivity contribution in [2.45, 2.75) is 0 Å². The summed E-state index contributed by atoms with van der Waals surface area (Å²) in [4.78, 5) is 0. The van der Waals surface area contributed by atoms with E-state index in [-0.39, 0.29) is 0 Å². The van der Waals surface area contributed by atoms with Crippen molar-refractivity contribution in [1.29, 1.82) is 0 Å². The maximum absolute atomic E-state index is 5.36. The molecule has 4 heteroatoms. The molecule has 1 aromatic heterocycles. The molecule has 66 valence electrons. The average molecular weight is 174 g/mol. The van der Waals surface area contributed by atoms with Crippen LogP contribution < -0.4 is 5.73 Å². The lowest BCUT2D eigenvalue weighted by Gasteiger charge is -1.83. The summed E-state index contributed by atoms with van der Waals surface area (Å²) in [5, 5.41) is 10.1. The molecule has 1 heterocycles. The second-order valence-electron chi connectivity index (χ2n) is 2.22. The molecule has 0 saturated heterocycles. The average Bonchev–Trinajstić information content (AvgIpc) is 2.22. The smallest absolute Gasteiger partial charge is 0.0529 e. The monoisotopic (exact) mass is 174 g/mol. The summed E-state index contributed by atoms with van der Waals surface area (Å²) in [7, 11) is 0. The van der Waals surface area contributed by atoms with E-state index in [2.05, 4.69) is 15.4 Å². The maximum Gasteiger partial charge on any atom is 0.0529 e. The highest BCUT2D eigenvalue weighted by Gasteiger charge is 1.72. The normalized spacial score (nSPS) is 8.31. The Morgan fingerprint density at radius 2 is 1.46 bits per heavy atom. The first-order valence-corrected chi connectivity index (χ1v) is 3.78. The lowest BCUT2D eigenvalue weighted by Crippen LogP contribution is -1.79. The van der Waals surface area contributed by atoms with Crippen molar-refractivity contribution in [2.75, 3.05) is 5.73 Å². The fraction of sp³-hybridized carbons (Fsp3) is 0. The molecule has 0 aliphatic rings. The highest BCUT2D eigenvalue weighted by atomic mass is 15.3. The van der Waals surface area contributed by atoms with Crippen LogP contribution in [0.15, 0.2) is 48.8 Å². The van der Waals surface area contributed by atoms with E-state index in [0.717, 1.165) is 5.69 Å². The van der Waals surface area contributed by atoms with Crippen LogP contribution in [-0.2, 0) is 0 Å². The van der Waals surface area contributed by atoms with Crippen molar-refractivity contribution in [3.05, 3.63) is 48.8 Å². The van der Waals surface area contributed by atoms with Gasteiger partial charge in [-0.1, -0.05) is 18.2 Å². The van der Waals surface area contributed by atoms with Gasteiger partial charge in [0.05, 0.1) is 12.4 Å². The summed E-state index contributed by atoms with van der Waals surface area (Å²) in [5.74, 6) is 0. The van der Waals surface area contributed by atoms with E-state index in [1.165, 1.54) is 0 Å². The van der Waals surface area contributed by atoms with E-state index in [4.69, 9.17) is 5.73 Å². The molecule has 2 aromatic rings. The van der Waals surface area contributed by atoms with E-state index < -0.39 is 0 Å². The number of benzene rings is 1. The molecule has 0 radical (unpaired) electrons. The number of anilines is 1. The molecule has 0 spiro atoms. The quantitative estimate of drug-likeness (QED) is 0.608. The molecule has 0 fully saturated rings. The van der Waals surface area contributed by atoms with E-state index in [1.54, 1.807) is 18.5 Å². The van der Waals surface area contributed by atoms with Crippen LogP contribution in [0.5, 0.6) is 0 Å². The molecule has 1 aromatic carbocycles. The Bertz CT molecular complexity index is 282. The number of hydrogen-bond acceptors (Lipinski definition) is 4. The van der Waals surface area contributed by atoms with Gasteiger partial charge < -0.3 is 5.73 Å². The molecule has 0 aliphatic heterocycles. The van der Waals surface area contributed by atoms with Crippen molar-refractivity contribution >= 4 is 5.69 Å². The number of aromatic nitrogens is 3. The second-order valence-corrected chi connectivity index (χ2v) is 2.22. The van der Waals surface area contributed by atoms with Crippen molar-refractivity contribution in [2.24, 2.45) is 0 Å². The Balaban J connectivity index is 0.000000132. The van der Waals surface area contributed by atoms with E-state index in [0.29, 0.717) is 0 Å². The van der Waals surface area contributed by atoms with Gasteiger partial charge in [-0.2, -0.15) is 0 Å². The fourth-order valence-corrected chi connectivity index (χ4v) is 0.658. The number of nitrogens with zero attached hydrogens (tertiary/aromatic N) is 3. The summed E-state index contributed by atoms with van der Waals surface area (Å²) in [6.45, 7) is 0. The molecular weight excluding hydrogens is 164 g/mol. The molecule has 0 unspecified atom stereocenters. The van der Waals surface area contributed by atoms with E-state index in [9.17, 15) is 0 Å². The molecule has 4 nitrogen and oxygen atoms in total. The molecule has 0 bridgehead atoms. The summed E-state index contributed by atoms with van der Waals surface area (Å²) in [6, 6.07) is 11.2. The molecule has 0 saturated carbocycles. The van der Waals surface area contributed by atoms with Gasteiger partial charge in [-0.25, -0.2) is 0 Å². The van der Waals surface area contributed by atoms with Crippen molar-refractivity contribution in [3.63, 3.8) is 0 Å². The number of hydrogen-bond donors (Lipinski definition) is 1. The zero-order chi connectivity index (χ0) is 9.36. The van der Waals surface area contributed by atoms with Crippen LogP contribution in [0.25, 0.3) is 0 Å². The molecule has 2 N–H and O–H groups in total. The largest absolute Gasteiger partial charge is 0.399 e. The molecular formula is C9H10N4. The van der Waals surface area contributed by atoms with Crippen molar-refractivity contribution < 1.29 is 0 Å². The van der Waals surface area contributed by atoms with Crippen LogP contribution in [0.4, 0.5) is 5.69 Å². The third-order valence-electron chi connectivity index (χ3n) is 1.21. The fourth-order valence-electron chi connectivity index (χ4n) is 0.658. The Morgan fingerprint density at radius 3 is 1.69 bits per heavy atom. The highest BCUT2D eigenvalue weighted by Crippen LogP contribution is 1.95. The number of rotatable bonds is 0. The Morgan fingerprint density at radius 1 is 0.846 bits per heavy atom. The highest BCUT2D eigenvalue weighted by molar-refractivity contribution is 5.35. The van der Waals surface area contributed by atoms with Gasteiger partial charge in [-0.3, -0.25) is 0 Å². The Labute approximate surface area is 76.4 Å². The third-order valence-corrected chi connectivity index (χ3v) is 1.21. The lowest BCUT2D eigenvalue weighted by molar-refractivity contribution is 0.865. The minimum absolute atomic E-state index is 0.822. The third kappa shape index (κ3) is 4.47. The van der Waals surface area contributed by atoms with Gasteiger partial charge in [0, 0.05) is 5.69 Å². The summed E-state index contributed by atoms with van der Waals surface area (Å²) < 4.78 is 0. The predicted molar refractivity (Wildman–Crippen MR) is 50.7 cm³/mol. The molecule has 2 rings (SSSR count). The zero-order valence-electron chi connectivity index (χ0n) is 7.04. The summed E-state index contributed by atoms with van der Waals surface area (Å²) >= 11 is 0. The maximum atomic E-state index is 5.36. The first kappa shape index (κ1) is 9.12. The topological polar surface area (TPSA) is 64.7 Å². The summed E-state index contributed by atoms with van der Waals surface area (Å²) in [6.07, 6.45) is 3.15. The minimum atomic E-state index is 0.822. The van der Waals surface area contributed by atoms with Gasteiger partial charge >= 0.3 is 0 Å². The van der Waals surface area contributed by atoms with Gasteiger partial charge in [-0.05, 0) is 23.4 Å². The number of nitrogen functional groups attached to an aromatic ring is 1. The van der Waals surface area contributed by atoms with Gasteiger partial charge in [0.15, 0.2) is 0 Å². The van der Waals surface area contributed by atoms with Crippen LogP contribution in [0, 0.1) is 0 Å². The number of nitrogens with two attached hydrogens (primary N) is 1. The second kappa shape index (κ2) is 5.65. The first-order chi connectivity index (χ1) is 6.39. The standard InChI is InChI=1S/C6H7N.C3H3N3/c7-6-4-2-1-3-5-6;1-2-4-6-5-3-1/h1-5H,7H2;1-3H. The Hall–Kier alpha value is -1.97. The van der Waals surface area contributed by atoms with Crippen LogP contribution in [0.1, 0.15) is 0 Å². The van der Waals surface area contributed by atoms with E-state index >= 15 is 0 Å². The lowest BCUT2D eigenvalue weighted by atomic mass is 10.3. The van der Waals surface area contributed by atoms with Crippen LogP contribution in [-0.4, -0.2) is 15.4 Å². The van der Waals surface area contributed by atoms with Gasteiger partial charge in [0.2, 0.25) is 0 Å². The molecule has 0 aliphatic carbocycles. The van der Waals surface area contributed by atoms with Crippen LogP contribution in [0.2, 0.25) is 0 Å². The van der Waals surface area contributed by atoms with E-state index in [1.807, 2.05) is 30.3 Å². The minimum Gasteiger partial charge on any atom is -0.399 e. The van der Waals surface area contributed by atoms with Crippen molar-refractivity contribution in [3.8, 4) is 0 Å². The van der Waals surface area contributed by atoms with Gasteiger partial charge in [0.1, 0.15) is 0 Å². The van der Waals surface area contributed by atoms with Crippen LogP contribution >= 0.6 is 0 Å². The Kier molecular flexibility index (Phi) is 3.96. The van der Waals surface area contributed by atoms with Gasteiger partial charge in [0.25, 0.3) is 0 Å². The van der Waals surface area contributed by atoms with Crippen molar-refractivity contribution in [1.82, 2.24) is 15.4 Å². The summed E-state index contributed by atoms with van der Waals surface area (Å²) in [5.41, 5.74) is 6.18.